The average Bonchev–Trinajstić information content (AvgIpc) is 2.65. The molecule has 0 unspecified atom stereocenters. The lowest BCUT2D eigenvalue weighted by molar-refractivity contribution is 0.930. The van der Waals surface area contributed by atoms with Crippen molar-refractivity contribution in [3.8, 4) is 0 Å². The minimum Gasteiger partial charge on any atom is -0.0581 e. The van der Waals surface area contributed by atoms with Gasteiger partial charge in [-0.2, -0.15) is 0 Å². The topological polar surface area (TPSA) is 0 Å². The Hall–Kier alpha value is -2.34. The second kappa shape index (κ2) is 3.83. The van der Waals surface area contributed by atoms with Crippen LogP contribution >= 0.6 is 0 Å². The average molecular weight is 306 g/mol. The minimum atomic E-state index is 1.21. The Labute approximate surface area is 141 Å². The van der Waals surface area contributed by atoms with E-state index >= 15 is 0 Å². The van der Waals surface area contributed by atoms with E-state index in [1.54, 1.807) is 65.7 Å². The largest absolute Gasteiger partial charge is 0.0581 e. The molecule has 0 nitrogen and oxygen atoms in total. The van der Waals surface area contributed by atoms with Crippen LogP contribution in [0.3, 0.4) is 0 Å². The summed E-state index contributed by atoms with van der Waals surface area (Å²) in [6.45, 7) is 0. The molecule has 0 amide bonds. The molecule has 0 aromatic heterocycles. The molecule has 0 radical (unpaired) electrons. The van der Waals surface area contributed by atoms with Gasteiger partial charge in [-0.25, -0.2) is 0 Å². The second-order valence-corrected chi connectivity index (χ2v) is 7.90. The zero-order valence-corrected chi connectivity index (χ0v) is 13.7. The summed E-state index contributed by atoms with van der Waals surface area (Å²) in [7, 11) is 0. The maximum atomic E-state index is 2.43. The van der Waals surface area contributed by atoms with Crippen molar-refractivity contribution >= 4 is 32.3 Å². The van der Waals surface area contributed by atoms with Crippen molar-refractivity contribution in [3.63, 3.8) is 0 Å². The Kier molecular flexibility index (Phi) is 1.93. The molecule has 4 aromatic carbocycles. The molecule has 0 fully saturated rings. The fourth-order valence-electron chi connectivity index (χ4n) is 5.84. The third-order valence-corrected chi connectivity index (χ3v) is 6.87. The van der Waals surface area contributed by atoms with Gasteiger partial charge in [0.2, 0.25) is 0 Å². The molecule has 3 aliphatic rings. The summed E-state index contributed by atoms with van der Waals surface area (Å²) in [5.74, 6) is 0. The SMILES string of the molecule is c1cc2c3c4c1CCc1ccc5c(c14)c1c(ccc(c31)CC2)CC5. The van der Waals surface area contributed by atoms with Crippen LogP contribution in [0, 0.1) is 0 Å². The van der Waals surface area contributed by atoms with Crippen molar-refractivity contribution < 1.29 is 0 Å². The maximum Gasteiger partial charge on any atom is -0.00610 e. The molecule has 0 saturated heterocycles. The van der Waals surface area contributed by atoms with Gasteiger partial charge in [0, 0.05) is 0 Å². The van der Waals surface area contributed by atoms with E-state index in [4.69, 9.17) is 0 Å². The third-order valence-electron chi connectivity index (χ3n) is 6.87. The van der Waals surface area contributed by atoms with Crippen molar-refractivity contribution in [1.29, 1.82) is 0 Å². The standard InChI is InChI=1S/C24H18/c1-2-14-5-6-16-9-11-18-12-10-17-8-7-15-4-3-13(1)19-20(14)22(16)24(18)23(17)21(15)19/h1-2,7-9,11H,3-6,10,12H2. The smallest absolute Gasteiger partial charge is 0.00610 e. The normalized spacial score (nSPS) is 17.0. The van der Waals surface area contributed by atoms with E-state index < -0.39 is 0 Å². The lowest BCUT2D eigenvalue weighted by atomic mass is 9.74. The molecule has 114 valence electrons. The van der Waals surface area contributed by atoms with Gasteiger partial charge in [-0.1, -0.05) is 36.4 Å². The Bertz CT molecular complexity index is 958. The summed E-state index contributed by atoms with van der Waals surface area (Å²) < 4.78 is 0. The van der Waals surface area contributed by atoms with Crippen molar-refractivity contribution in [1.82, 2.24) is 0 Å². The molecule has 4 aromatic rings. The van der Waals surface area contributed by atoms with Gasteiger partial charge < -0.3 is 0 Å². The monoisotopic (exact) mass is 306 g/mol. The van der Waals surface area contributed by atoms with Crippen LogP contribution in [0.2, 0.25) is 0 Å². The van der Waals surface area contributed by atoms with Gasteiger partial charge in [-0.15, -0.1) is 0 Å². The van der Waals surface area contributed by atoms with Crippen molar-refractivity contribution in [3.05, 3.63) is 69.8 Å². The Morgan fingerprint density at radius 1 is 0.292 bits per heavy atom. The number of aryl methyl sites for hydroxylation is 6. The van der Waals surface area contributed by atoms with Gasteiger partial charge in [0.1, 0.15) is 0 Å². The van der Waals surface area contributed by atoms with Crippen LogP contribution in [0.15, 0.2) is 36.4 Å². The Morgan fingerprint density at radius 2 is 0.458 bits per heavy atom. The highest BCUT2D eigenvalue weighted by molar-refractivity contribution is 6.30. The van der Waals surface area contributed by atoms with E-state index in [0.29, 0.717) is 0 Å². The number of rotatable bonds is 0. The lowest BCUT2D eigenvalue weighted by Gasteiger charge is -2.30. The first-order valence-corrected chi connectivity index (χ1v) is 9.35. The van der Waals surface area contributed by atoms with E-state index in [9.17, 15) is 0 Å². The van der Waals surface area contributed by atoms with Gasteiger partial charge >= 0.3 is 0 Å². The quantitative estimate of drug-likeness (QED) is 0.379. The maximum absolute atomic E-state index is 2.43. The summed E-state index contributed by atoms with van der Waals surface area (Å²) in [4.78, 5) is 0. The molecular formula is C24H18. The first-order chi connectivity index (χ1) is 11.9. The van der Waals surface area contributed by atoms with Gasteiger partial charge in [0.25, 0.3) is 0 Å². The number of hydrogen-bond acceptors (Lipinski definition) is 0. The highest BCUT2D eigenvalue weighted by Gasteiger charge is 2.27. The van der Waals surface area contributed by atoms with Crippen LogP contribution in [0.1, 0.15) is 33.4 Å². The molecule has 3 aliphatic carbocycles. The van der Waals surface area contributed by atoms with E-state index in [1.807, 2.05) is 0 Å². The van der Waals surface area contributed by atoms with E-state index in [1.165, 1.54) is 38.5 Å². The van der Waals surface area contributed by atoms with E-state index in [2.05, 4.69) is 36.4 Å². The highest BCUT2D eigenvalue weighted by atomic mass is 14.3. The molecule has 0 spiro atoms. The highest BCUT2D eigenvalue weighted by Crippen LogP contribution is 2.49. The molecule has 0 heterocycles. The Balaban J connectivity index is 1.99. The summed E-state index contributed by atoms with van der Waals surface area (Å²) in [5.41, 5.74) is 9.52. The molecule has 0 aliphatic heterocycles. The predicted octanol–water partition coefficient (Wildman–Crippen LogP) is 5.44. The van der Waals surface area contributed by atoms with Crippen LogP contribution < -0.4 is 0 Å². The number of benzene rings is 4. The van der Waals surface area contributed by atoms with Gasteiger partial charge in [-0.3, -0.25) is 0 Å². The molecule has 0 saturated carbocycles. The molecular weight excluding hydrogens is 288 g/mol. The molecule has 7 rings (SSSR count). The molecule has 0 atom stereocenters. The minimum absolute atomic E-state index is 1.21. The lowest BCUT2D eigenvalue weighted by Crippen LogP contribution is -2.11. The summed E-state index contributed by atoms with van der Waals surface area (Å²) in [6, 6.07) is 14.6. The zero-order chi connectivity index (χ0) is 15.4. The van der Waals surface area contributed by atoms with Crippen LogP contribution in [0.5, 0.6) is 0 Å². The van der Waals surface area contributed by atoms with E-state index in [0.717, 1.165) is 0 Å². The summed E-state index contributed by atoms with van der Waals surface area (Å²) in [6.07, 6.45) is 7.24. The zero-order valence-electron chi connectivity index (χ0n) is 13.7. The fraction of sp³-hybridized carbons (Fsp3) is 0.250. The predicted molar refractivity (Wildman–Crippen MR) is 101 cm³/mol. The first kappa shape index (κ1) is 12.1. The Morgan fingerprint density at radius 3 is 0.625 bits per heavy atom. The summed E-state index contributed by atoms with van der Waals surface area (Å²) >= 11 is 0. The number of hydrogen-bond donors (Lipinski definition) is 0. The first-order valence-electron chi connectivity index (χ1n) is 9.35. The fourth-order valence-corrected chi connectivity index (χ4v) is 5.84. The third kappa shape index (κ3) is 1.20. The van der Waals surface area contributed by atoms with Crippen molar-refractivity contribution in [2.45, 2.75) is 38.5 Å². The molecule has 0 bridgehead atoms. The van der Waals surface area contributed by atoms with Crippen LogP contribution in [-0.4, -0.2) is 0 Å². The summed E-state index contributed by atoms with van der Waals surface area (Å²) in [5, 5.41) is 9.66. The van der Waals surface area contributed by atoms with E-state index in [-0.39, 0.29) is 0 Å². The van der Waals surface area contributed by atoms with Crippen molar-refractivity contribution in [2.75, 3.05) is 0 Å². The van der Waals surface area contributed by atoms with Gasteiger partial charge in [0.05, 0.1) is 0 Å². The van der Waals surface area contributed by atoms with Crippen LogP contribution in [-0.2, 0) is 38.5 Å². The molecule has 0 heteroatoms. The second-order valence-electron chi connectivity index (χ2n) is 7.90. The van der Waals surface area contributed by atoms with Gasteiger partial charge in [0.15, 0.2) is 0 Å². The van der Waals surface area contributed by atoms with Crippen LogP contribution in [0.4, 0.5) is 0 Å². The van der Waals surface area contributed by atoms with Gasteiger partial charge in [-0.05, 0) is 104 Å². The molecule has 0 N–H and O–H groups in total. The van der Waals surface area contributed by atoms with Crippen molar-refractivity contribution in [2.24, 2.45) is 0 Å². The molecule has 24 heavy (non-hydrogen) atoms. The van der Waals surface area contributed by atoms with Crippen LogP contribution in [0.25, 0.3) is 32.3 Å².